The molecule has 0 aliphatic carbocycles. The maximum Gasteiger partial charge on any atom is 0.132 e. The molecule has 1 heterocycles. The van der Waals surface area contributed by atoms with Crippen LogP contribution in [-0.2, 0) is 6.42 Å². The van der Waals surface area contributed by atoms with Gasteiger partial charge in [0.2, 0.25) is 0 Å². The fourth-order valence-electron chi connectivity index (χ4n) is 1.47. The molecule has 90 valence electrons. The highest BCUT2D eigenvalue weighted by Gasteiger charge is 2.10. The van der Waals surface area contributed by atoms with Crippen LogP contribution in [0.15, 0.2) is 23.6 Å². The smallest absolute Gasteiger partial charge is 0.132 e. The van der Waals surface area contributed by atoms with E-state index in [4.69, 9.17) is 5.11 Å². The summed E-state index contributed by atoms with van der Waals surface area (Å²) in [4.78, 5) is 4.22. The first-order valence-electron chi connectivity index (χ1n) is 5.21. The Morgan fingerprint density at radius 3 is 2.88 bits per heavy atom. The zero-order chi connectivity index (χ0) is 12.3. The average Bonchev–Trinajstić information content (AvgIpc) is 2.78. The van der Waals surface area contributed by atoms with E-state index in [2.05, 4.69) is 4.98 Å². The predicted molar refractivity (Wildman–Crippen MR) is 62.9 cm³/mol. The van der Waals surface area contributed by atoms with Crippen molar-refractivity contribution in [2.45, 2.75) is 12.8 Å². The van der Waals surface area contributed by atoms with Crippen LogP contribution in [0.3, 0.4) is 0 Å². The molecule has 0 unspecified atom stereocenters. The molecule has 0 spiro atoms. The van der Waals surface area contributed by atoms with Crippen LogP contribution in [0.2, 0.25) is 0 Å². The van der Waals surface area contributed by atoms with E-state index in [0.29, 0.717) is 18.5 Å². The van der Waals surface area contributed by atoms with Crippen molar-refractivity contribution >= 4 is 11.3 Å². The minimum Gasteiger partial charge on any atom is -0.396 e. The van der Waals surface area contributed by atoms with E-state index < -0.39 is 11.6 Å². The van der Waals surface area contributed by atoms with Crippen LogP contribution in [0.4, 0.5) is 8.78 Å². The van der Waals surface area contributed by atoms with E-state index in [-0.39, 0.29) is 12.2 Å². The van der Waals surface area contributed by atoms with Crippen LogP contribution in [0.5, 0.6) is 0 Å². The van der Waals surface area contributed by atoms with Crippen molar-refractivity contribution in [2.75, 3.05) is 6.61 Å². The largest absolute Gasteiger partial charge is 0.396 e. The molecule has 1 aromatic carbocycles. The Morgan fingerprint density at radius 2 is 2.12 bits per heavy atom. The minimum atomic E-state index is -0.481. The number of aryl methyl sites for hydroxylation is 1. The molecule has 0 saturated heterocycles. The van der Waals surface area contributed by atoms with Gasteiger partial charge in [-0.3, -0.25) is 0 Å². The number of benzene rings is 1. The van der Waals surface area contributed by atoms with Crippen LogP contribution in [-0.4, -0.2) is 16.7 Å². The Morgan fingerprint density at radius 1 is 1.29 bits per heavy atom. The third-order valence-electron chi connectivity index (χ3n) is 2.30. The van der Waals surface area contributed by atoms with Gasteiger partial charge in [0.25, 0.3) is 0 Å². The average molecular weight is 255 g/mol. The Balaban J connectivity index is 2.27. The summed E-state index contributed by atoms with van der Waals surface area (Å²) in [6.45, 7) is 0.100. The lowest BCUT2D eigenvalue weighted by atomic mass is 10.1. The van der Waals surface area contributed by atoms with Crippen LogP contribution < -0.4 is 0 Å². The molecule has 2 rings (SSSR count). The summed E-state index contributed by atoms with van der Waals surface area (Å²) in [6.07, 6.45) is 1.27. The molecule has 0 bridgehead atoms. The summed E-state index contributed by atoms with van der Waals surface area (Å²) >= 11 is 1.39. The molecule has 0 fully saturated rings. The second-order valence-corrected chi connectivity index (χ2v) is 4.52. The molecular formula is C12H11F2NOS. The second kappa shape index (κ2) is 5.33. The fourth-order valence-corrected chi connectivity index (χ4v) is 2.31. The van der Waals surface area contributed by atoms with Crippen molar-refractivity contribution in [3.05, 3.63) is 40.2 Å². The van der Waals surface area contributed by atoms with Gasteiger partial charge in [0.1, 0.15) is 11.6 Å². The molecule has 0 atom stereocenters. The number of halogens is 2. The van der Waals surface area contributed by atoms with Gasteiger partial charge in [-0.2, -0.15) is 0 Å². The summed E-state index contributed by atoms with van der Waals surface area (Å²) in [6, 6.07) is 3.31. The lowest BCUT2D eigenvalue weighted by Crippen LogP contribution is -1.90. The van der Waals surface area contributed by atoms with Gasteiger partial charge < -0.3 is 5.11 Å². The van der Waals surface area contributed by atoms with Gasteiger partial charge in [0.05, 0.1) is 10.7 Å². The number of aromatic nitrogens is 1. The van der Waals surface area contributed by atoms with Crippen molar-refractivity contribution in [3.8, 4) is 11.3 Å². The molecule has 2 nitrogen and oxygen atoms in total. The third-order valence-corrected chi connectivity index (χ3v) is 3.21. The molecule has 17 heavy (non-hydrogen) atoms. The number of aliphatic hydroxyl groups excluding tert-OH is 1. The summed E-state index contributed by atoms with van der Waals surface area (Å²) < 4.78 is 26.5. The van der Waals surface area contributed by atoms with Gasteiger partial charge >= 0.3 is 0 Å². The quantitative estimate of drug-likeness (QED) is 0.911. The monoisotopic (exact) mass is 255 g/mol. The van der Waals surface area contributed by atoms with Crippen molar-refractivity contribution < 1.29 is 13.9 Å². The molecular weight excluding hydrogens is 244 g/mol. The lowest BCUT2D eigenvalue weighted by molar-refractivity contribution is 0.288. The molecule has 0 aliphatic rings. The molecule has 5 heteroatoms. The van der Waals surface area contributed by atoms with Gasteiger partial charge in [0, 0.05) is 24.0 Å². The van der Waals surface area contributed by atoms with Crippen LogP contribution in [0.1, 0.15) is 11.4 Å². The Bertz CT molecular complexity index is 513. The molecule has 0 aliphatic heterocycles. The van der Waals surface area contributed by atoms with Crippen LogP contribution >= 0.6 is 11.3 Å². The van der Waals surface area contributed by atoms with Gasteiger partial charge in [-0.05, 0) is 24.6 Å². The van der Waals surface area contributed by atoms with Crippen molar-refractivity contribution in [1.82, 2.24) is 4.98 Å². The molecule has 1 aromatic heterocycles. The van der Waals surface area contributed by atoms with Crippen LogP contribution in [0.25, 0.3) is 11.3 Å². The van der Waals surface area contributed by atoms with Gasteiger partial charge in [-0.25, -0.2) is 13.8 Å². The molecule has 2 aromatic rings. The van der Waals surface area contributed by atoms with E-state index in [1.165, 1.54) is 11.3 Å². The minimum absolute atomic E-state index is 0.100. The Labute approximate surface area is 102 Å². The van der Waals surface area contributed by atoms with E-state index >= 15 is 0 Å². The number of hydrogen-bond donors (Lipinski definition) is 1. The zero-order valence-corrected chi connectivity index (χ0v) is 9.81. The molecule has 0 radical (unpaired) electrons. The molecule has 0 amide bonds. The summed E-state index contributed by atoms with van der Waals surface area (Å²) in [5.41, 5.74) is 0.622. The lowest BCUT2D eigenvalue weighted by Gasteiger charge is -1.99. The first-order valence-corrected chi connectivity index (χ1v) is 6.09. The maximum absolute atomic E-state index is 13.5. The number of thiazole rings is 1. The third kappa shape index (κ3) is 2.87. The Hall–Kier alpha value is -1.33. The van der Waals surface area contributed by atoms with Crippen molar-refractivity contribution in [3.63, 3.8) is 0 Å². The highest BCUT2D eigenvalue weighted by molar-refractivity contribution is 7.09. The normalized spacial score (nSPS) is 10.8. The standard InChI is InChI=1S/C12H11F2NOS/c13-8-3-4-10(14)9(6-8)11-7-17-12(15-11)2-1-5-16/h3-4,6-7,16H,1-2,5H2. The topological polar surface area (TPSA) is 33.1 Å². The van der Waals surface area contributed by atoms with E-state index in [1.807, 2.05) is 0 Å². The molecule has 0 saturated carbocycles. The zero-order valence-electron chi connectivity index (χ0n) is 8.99. The van der Waals surface area contributed by atoms with E-state index in [0.717, 1.165) is 23.2 Å². The highest BCUT2D eigenvalue weighted by atomic mass is 32.1. The first-order chi connectivity index (χ1) is 8.20. The Kier molecular flexibility index (Phi) is 3.81. The maximum atomic E-state index is 13.5. The van der Waals surface area contributed by atoms with Gasteiger partial charge in [-0.1, -0.05) is 0 Å². The van der Waals surface area contributed by atoms with Crippen molar-refractivity contribution in [2.24, 2.45) is 0 Å². The summed E-state index contributed by atoms with van der Waals surface area (Å²) in [5, 5.41) is 11.2. The second-order valence-electron chi connectivity index (χ2n) is 3.58. The number of hydrogen-bond acceptors (Lipinski definition) is 3. The van der Waals surface area contributed by atoms with E-state index in [9.17, 15) is 8.78 Å². The number of nitrogens with zero attached hydrogens (tertiary/aromatic N) is 1. The number of aliphatic hydroxyl groups is 1. The van der Waals surface area contributed by atoms with Crippen LogP contribution in [0, 0.1) is 11.6 Å². The highest BCUT2D eigenvalue weighted by Crippen LogP contribution is 2.25. The van der Waals surface area contributed by atoms with Crippen molar-refractivity contribution in [1.29, 1.82) is 0 Å². The first kappa shape index (κ1) is 12.1. The predicted octanol–water partition coefficient (Wildman–Crippen LogP) is 3.01. The number of rotatable bonds is 4. The van der Waals surface area contributed by atoms with Gasteiger partial charge in [0.15, 0.2) is 0 Å². The summed E-state index contributed by atoms with van der Waals surface area (Å²) in [5.74, 6) is -0.961. The van der Waals surface area contributed by atoms with Gasteiger partial charge in [-0.15, -0.1) is 11.3 Å². The van der Waals surface area contributed by atoms with E-state index in [1.54, 1.807) is 5.38 Å². The summed E-state index contributed by atoms with van der Waals surface area (Å²) in [7, 11) is 0. The SMILES string of the molecule is OCCCc1nc(-c2cc(F)ccc2F)cs1. The fraction of sp³-hybridized carbons (Fsp3) is 0.250. The molecule has 1 N–H and O–H groups in total.